The summed E-state index contributed by atoms with van der Waals surface area (Å²) < 4.78 is 6.55. The van der Waals surface area contributed by atoms with Crippen LogP contribution in [0.2, 0.25) is 0 Å². The molecule has 0 atom stereocenters. The van der Waals surface area contributed by atoms with Gasteiger partial charge in [0.25, 0.3) is 0 Å². The van der Waals surface area contributed by atoms with Crippen LogP contribution in [-0.4, -0.2) is 24.2 Å². The highest BCUT2D eigenvalue weighted by atomic mass is 16.5. The van der Waals surface area contributed by atoms with Crippen molar-refractivity contribution >= 4 is 17.2 Å². The van der Waals surface area contributed by atoms with Crippen molar-refractivity contribution in [2.24, 2.45) is 4.99 Å². The number of ether oxygens (including phenoxy) is 1. The van der Waals surface area contributed by atoms with Crippen molar-refractivity contribution in [2.45, 2.75) is 12.8 Å². The third-order valence-corrected chi connectivity index (χ3v) is 6.00. The Morgan fingerprint density at radius 3 is 2.76 bits per heavy atom. The summed E-state index contributed by atoms with van der Waals surface area (Å²) in [7, 11) is 0. The van der Waals surface area contributed by atoms with Crippen LogP contribution in [0.25, 0.3) is 5.57 Å². The van der Waals surface area contributed by atoms with Gasteiger partial charge in [0.05, 0.1) is 10.9 Å². The predicted octanol–water partition coefficient (Wildman–Crippen LogP) is 2.88. The lowest BCUT2D eigenvalue weighted by Gasteiger charge is -2.25. The average Bonchev–Trinajstić information content (AvgIpc) is 3.41. The first-order valence-corrected chi connectivity index (χ1v) is 9.84. The molecule has 3 aromatic carbocycles. The van der Waals surface area contributed by atoms with E-state index in [0.717, 1.165) is 76.0 Å². The van der Waals surface area contributed by atoms with Gasteiger partial charge in [-0.2, -0.15) is 0 Å². The summed E-state index contributed by atoms with van der Waals surface area (Å²) in [4.78, 5) is 16.6. The zero-order chi connectivity index (χ0) is 19.5. The van der Waals surface area contributed by atoms with E-state index in [-0.39, 0.29) is 0 Å². The van der Waals surface area contributed by atoms with Gasteiger partial charge in [0, 0.05) is 46.3 Å². The molecule has 0 aromatic heterocycles. The number of carbonyl (C=O) groups is 1. The summed E-state index contributed by atoms with van der Waals surface area (Å²) >= 11 is 0. The first kappa shape index (κ1) is 16.4. The minimum Gasteiger partial charge on any atom is -0.478 e. The largest absolute Gasteiger partial charge is 0.478 e. The minimum atomic E-state index is -0.929. The smallest absolute Gasteiger partial charge is 0.336 e. The van der Waals surface area contributed by atoms with Gasteiger partial charge in [-0.3, -0.25) is 4.99 Å². The maximum Gasteiger partial charge on any atom is 0.336 e. The minimum absolute atomic E-state index is 0.296. The molecular weight excluding hydrogens is 364 g/mol. The number of hydrogen-bond acceptors (Lipinski definition) is 4. The fourth-order valence-electron chi connectivity index (χ4n) is 4.71. The molecule has 3 aliphatic heterocycles. The lowest BCUT2D eigenvalue weighted by molar-refractivity contribution is 0.0696. The SMILES string of the molecule is O=C(O)c1ccccc1C1=c2ccc3c(c2Oc2c1ccc1c2CCN1)CCN=3. The maximum absolute atomic E-state index is 12.0. The lowest BCUT2D eigenvalue weighted by Crippen LogP contribution is -2.23. The molecule has 0 bridgehead atoms. The molecule has 2 N–H and O–H groups in total. The van der Waals surface area contributed by atoms with Crippen LogP contribution in [0.15, 0.2) is 53.5 Å². The van der Waals surface area contributed by atoms with Gasteiger partial charge in [0.15, 0.2) is 0 Å². The van der Waals surface area contributed by atoms with E-state index in [4.69, 9.17) is 4.74 Å². The molecule has 5 nitrogen and oxygen atoms in total. The number of rotatable bonds is 2. The number of nitrogens with zero attached hydrogens (tertiary/aromatic N) is 1. The number of carboxylic acid groups (broad SMARTS) is 1. The van der Waals surface area contributed by atoms with Crippen molar-refractivity contribution in [2.75, 3.05) is 18.4 Å². The highest BCUT2D eigenvalue weighted by molar-refractivity contribution is 5.98. The van der Waals surface area contributed by atoms with Crippen LogP contribution in [0, 0.1) is 0 Å². The predicted molar refractivity (Wildman–Crippen MR) is 110 cm³/mol. The van der Waals surface area contributed by atoms with Gasteiger partial charge in [0.1, 0.15) is 11.5 Å². The van der Waals surface area contributed by atoms with Gasteiger partial charge < -0.3 is 15.2 Å². The Morgan fingerprint density at radius 2 is 1.86 bits per heavy atom. The standard InChI is InChI=1S/C24H18N2O3/c27-24(28)14-4-2-1-3-13(14)21-17-5-7-19-15(9-11-25-19)22(17)29-23-16-10-12-26-20(16)8-6-18(21)23/h1-8,25H,9-12H2,(H,27,28). The topological polar surface area (TPSA) is 70.9 Å². The van der Waals surface area contributed by atoms with Gasteiger partial charge >= 0.3 is 5.97 Å². The lowest BCUT2D eigenvalue weighted by atomic mass is 9.87. The zero-order valence-corrected chi connectivity index (χ0v) is 15.7. The highest BCUT2D eigenvalue weighted by Crippen LogP contribution is 2.44. The molecule has 3 aromatic rings. The van der Waals surface area contributed by atoms with Crippen LogP contribution < -0.4 is 20.6 Å². The van der Waals surface area contributed by atoms with Gasteiger partial charge in [-0.15, -0.1) is 0 Å². The summed E-state index contributed by atoms with van der Waals surface area (Å²) in [6.45, 7) is 1.64. The number of carboxylic acids is 1. The summed E-state index contributed by atoms with van der Waals surface area (Å²) in [5.41, 5.74) is 6.24. The summed E-state index contributed by atoms with van der Waals surface area (Å²) in [5, 5.41) is 15.2. The molecule has 142 valence electrons. The molecule has 0 saturated carbocycles. The van der Waals surface area contributed by atoms with Crippen LogP contribution in [0.1, 0.15) is 32.6 Å². The Labute approximate surface area is 167 Å². The molecule has 0 amide bonds. The summed E-state index contributed by atoms with van der Waals surface area (Å²) in [5.74, 6) is 0.740. The van der Waals surface area contributed by atoms with E-state index in [1.54, 1.807) is 12.1 Å². The quantitative estimate of drug-likeness (QED) is 0.559. The van der Waals surface area contributed by atoms with Crippen LogP contribution in [0.5, 0.6) is 11.5 Å². The Hall–Kier alpha value is -3.60. The van der Waals surface area contributed by atoms with E-state index in [9.17, 15) is 9.90 Å². The second kappa shape index (κ2) is 5.95. The third-order valence-electron chi connectivity index (χ3n) is 6.00. The van der Waals surface area contributed by atoms with E-state index in [1.165, 1.54) is 0 Å². The molecule has 0 aliphatic carbocycles. The Balaban J connectivity index is 1.77. The molecule has 0 radical (unpaired) electrons. The van der Waals surface area contributed by atoms with E-state index in [2.05, 4.69) is 16.4 Å². The molecule has 0 unspecified atom stereocenters. The molecule has 5 heteroatoms. The second-order valence-electron chi connectivity index (χ2n) is 7.54. The number of fused-ring (bicyclic) bond motifs is 6. The monoisotopic (exact) mass is 382 g/mol. The molecule has 6 rings (SSSR count). The van der Waals surface area contributed by atoms with Crippen molar-refractivity contribution in [3.8, 4) is 11.5 Å². The summed E-state index contributed by atoms with van der Waals surface area (Å²) in [6.07, 6.45) is 1.73. The van der Waals surface area contributed by atoms with Crippen LogP contribution in [0.3, 0.4) is 0 Å². The number of aromatic carboxylic acids is 1. The van der Waals surface area contributed by atoms with Gasteiger partial charge in [0.2, 0.25) is 0 Å². The fraction of sp³-hybridized carbons (Fsp3) is 0.167. The Morgan fingerprint density at radius 1 is 0.966 bits per heavy atom. The van der Waals surface area contributed by atoms with E-state index in [0.29, 0.717) is 11.1 Å². The van der Waals surface area contributed by atoms with Gasteiger partial charge in [-0.05, 0) is 48.7 Å². The first-order valence-electron chi connectivity index (χ1n) is 9.84. The van der Waals surface area contributed by atoms with E-state index < -0.39 is 5.97 Å². The highest BCUT2D eigenvalue weighted by Gasteiger charge is 2.30. The number of benzene rings is 3. The molecule has 29 heavy (non-hydrogen) atoms. The van der Waals surface area contributed by atoms with Crippen molar-refractivity contribution in [1.82, 2.24) is 0 Å². The normalized spacial score (nSPS) is 15.4. The zero-order valence-electron chi connectivity index (χ0n) is 15.7. The maximum atomic E-state index is 12.0. The van der Waals surface area contributed by atoms with Crippen molar-refractivity contribution in [1.29, 1.82) is 0 Å². The van der Waals surface area contributed by atoms with Crippen molar-refractivity contribution in [3.63, 3.8) is 0 Å². The first-order chi connectivity index (χ1) is 14.2. The van der Waals surface area contributed by atoms with Gasteiger partial charge in [-0.1, -0.05) is 18.2 Å². The fourth-order valence-corrected chi connectivity index (χ4v) is 4.71. The van der Waals surface area contributed by atoms with Crippen molar-refractivity contribution in [3.05, 3.63) is 86.9 Å². The average molecular weight is 382 g/mol. The summed E-state index contributed by atoms with van der Waals surface area (Å²) in [6, 6.07) is 15.4. The van der Waals surface area contributed by atoms with E-state index >= 15 is 0 Å². The second-order valence-corrected chi connectivity index (χ2v) is 7.54. The molecule has 3 aliphatic rings. The molecule has 0 fully saturated rings. The Bertz CT molecular complexity index is 1340. The van der Waals surface area contributed by atoms with Crippen LogP contribution >= 0.6 is 0 Å². The molecule has 3 heterocycles. The van der Waals surface area contributed by atoms with Crippen molar-refractivity contribution < 1.29 is 14.6 Å². The number of anilines is 1. The molecular formula is C24H18N2O3. The molecule has 0 saturated heterocycles. The number of hydrogen-bond donors (Lipinski definition) is 2. The van der Waals surface area contributed by atoms with Crippen LogP contribution in [0.4, 0.5) is 5.69 Å². The molecule has 0 spiro atoms. The third kappa shape index (κ3) is 2.27. The van der Waals surface area contributed by atoms with Gasteiger partial charge in [-0.25, -0.2) is 4.79 Å². The Kier molecular flexibility index (Phi) is 3.36. The van der Waals surface area contributed by atoms with E-state index in [1.807, 2.05) is 30.3 Å². The number of nitrogens with one attached hydrogen (secondary N) is 1. The van der Waals surface area contributed by atoms with Crippen LogP contribution in [-0.2, 0) is 12.8 Å².